The average Bonchev–Trinajstić information content (AvgIpc) is 2.58. The van der Waals surface area contributed by atoms with Gasteiger partial charge in [-0.15, -0.1) is 0 Å². The van der Waals surface area contributed by atoms with Gasteiger partial charge in [-0.3, -0.25) is 16.7 Å². The Bertz CT molecular complexity index is 206. The van der Waals surface area contributed by atoms with Crippen LogP contribution in [0.25, 0.3) is 0 Å². The molecule has 0 amide bonds. The first-order valence-corrected chi connectivity index (χ1v) is 5.20. The lowest BCUT2D eigenvalue weighted by Gasteiger charge is -2.08. The molecule has 12 heavy (non-hydrogen) atoms. The van der Waals surface area contributed by atoms with Gasteiger partial charge in [-0.05, 0) is 0 Å². The summed E-state index contributed by atoms with van der Waals surface area (Å²) in [6, 6.07) is 0. The fourth-order valence-corrected chi connectivity index (χ4v) is 2.26. The van der Waals surface area contributed by atoms with Crippen LogP contribution >= 0.6 is 0 Å². The molecule has 2 aliphatic rings. The molecular formula is C4H6O6S2. The van der Waals surface area contributed by atoms with E-state index in [9.17, 15) is 8.42 Å². The quantitative estimate of drug-likeness (QED) is 0.556. The van der Waals surface area contributed by atoms with Crippen molar-refractivity contribution in [3.8, 4) is 0 Å². The van der Waals surface area contributed by atoms with E-state index >= 15 is 0 Å². The summed E-state index contributed by atoms with van der Waals surface area (Å²) in [5, 5.41) is 0. The van der Waals surface area contributed by atoms with Gasteiger partial charge >= 0.3 is 22.7 Å². The smallest absolute Gasteiger partial charge is 0.266 e. The lowest BCUT2D eigenvalue weighted by Crippen LogP contribution is -2.29. The second kappa shape index (κ2) is 3.48. The summed E-state index contributed by atoms with van der Waals surface area (Å²) in [5.41, 5.74) is 0. The van der Waals surface area contributed by atoms with Crippen molar-refractivity contribution >= 4 is 22.7 Å². The first-order chi connectivity index (χ1) is 5.75. The van der Waals surface area contributed by atoms with E-state index in [1.165, 1.54) is 0 Å². The van der Waals surface area contributed by atoms with E-state index in [1.807, 2.05) is 0 Å². The second-order valence-electron chi connectivity index (χ2n) is 2.25. The molecule has 2 heterocycles. The molecule has 0 spiro atoms. The zero-order chi connectivity index (χ0) is 8.55. The maximum Gasteiger partial charge on any atom is 0.305 e. The van der Waals surface area contributed by atoms with E-state index in [0.717, 1.165) is 0 Å². The third-order valence-electron chi connectivity index (χ3n) is 1.48. The van der Waals surface area contributed by atoms with E-state index < -0.39 is 34.9 Å². The average molecular weight is 214 g/mol. The van der Waals surface area contributed by atoms with E-state index in [4.69, 9.17) is 8.37 Å². The van der Waals surface area contributed by atoms with Crippen molar-refractivity contribution in [3.63, 3.8) is 0 Å². The fourth-order valence-electron chi connectivity index (χ4n) is 0.897. The zero-order valence-corrected chi connectivity index (χ0v) is 7.47. The van der Waals surface area contributed by atoms with Gasteiger partial charge in [0.2, 0.25) is 0 Å². The number of hydrogen-bond donors (Lipinski definition) is 0. The van der Waals surface area contributed by atoms with Crippen LogP contribution in [0.2, 0.25) is 0 Å². The molecule has 0 radical (unpaired) electrons. The molecule has 70 valence electrons. The minimum atomic E-state index is -1.69. The maximum atomic E-state index is 10.6. The van der Waals surface area contributed by atoms with Crippen LogP contribution < -0.4 is 0 Å². The molecule has 0 aliphatic carbocycles. The summed E-state index contributed by atoms with van der Waals surface area (Å²) in [5.74, 6) is 0. The van der Waals surface area contributed by atoms with Crippen LogP contribution in [0, 0.1) is 0 Å². The molecule has 0 saturated carbocycles. The molecule has 6 nitrogen and oxygen atoms in total. The van der Waals surface area contributed by atoms with Crippen molar-refractivity contribution in [1.29, 1.82) is 0 Å². The number of rotatable bonds is 1. The van der Waals surface area contributed by atoms with Crippen molar-refractivity contribution in [2.75, 3.05) is 13.2 Å². The van der Waals surface area contributed by atoms with Crippen molar-refractivity contribution in [1.82, 2.24) is 0 Å². The summed E-state index contributed by atoms with van der Waals surface area (Å²) < 4.78 is 40.0. The Balaban J connectivity index is 1.93. The molecule has 0 N–H and O–H groups in total. The Kier molecular flexibility index (Phi) is 2.53. The van der Waals surface area contributed by atoms with Crippen LogP contribution in [0.3, 0.4) is 0 Å². The van der Waals surface area contributed by atoms with Gasteiger partial charge in [0.05, 0.1) is 13.2 Å². The molecule has 2 fully saturated rings. The van der Waals surface area contributed by atoms with Gasteiger partial charge in [0.15, 0.2) is 0 Å². The normalized spacial score (nSPS) is 48.3. The Labute approximate surface area is 73.9 Å². The Morgan fingerprint density at radius 3 is 1.58 bits per heavy atom. The molecule has 8 heteroatoms. The van der Waals surface area contributed by atoms with Crippen molar-refractivity contribution in [3.05, 3.63) is 0 Å². The first kappa shape index (κ1) is 8.73. The monoisotopic (exact) mass is 214 g/mol. The highest BCUT2D eigenvalue weighted by molar-refractivity contribution is 7.75. The first-order valence-electron chi connectivity index (χ1n) is 3.20. The summed E-state index contributed by atoms with van der Waals surface area (Å²) in [4.78, 5) is 0. The molecule has 2 unspecified atom stereocenters. The summed E-state index contributed by atoms with van der Waals surface area (Å²) in [7, 11) is 0. The molecule has 0 aromatic carbocycles. The van der Waals surface area contributed by atoms with Crippen molar-refractivity contribution in [2.24, 2.45) is 0 Å². The highest BCUT2D eigenvalue weighted by Crippen LogP contribution is 2.20. The van der Waals surface area contributed by atoms with Crippen LogP contribution in [0.5, 0.6) is 0 Å². The minimum Gasteiger partial charge on any atom is -0.266 e. The highest BCUT2D eigenvalue weighted by Gasteiger charge is 2.37. The SMILES string of the molecule is O=S1OC[C@H]([C@H]2COS(=O)O2)O1. The van der Waals surface area contributed by atoms with Crippen LogP contribution in [0.4, 0.5) is 0 Å². The van der Waals surface area contributed by atoms with Gasteiger partial charge in [-0.2, -0.15) is 8.42 Å². The molecule has 0 aromatic heterocycles. The predicted octanol–water partition coefficient (Wildman–Crippen LogP) is -1.03. The van der Waals surface area contributed by atoms with Crippen molar-refractivity contribution < 1.29 is 25.2 Å². The molecule has 2 rings (SSSR count). The standard InChI is InChI=1S/C4H6O6S2/c5-11-7-1-3(9-11)4-2-8-12(6)10-4/h3-4H,1-2H2/t3-,4-,11?,12?/m1/s1. The van der Waals surface area contributed by atoms with E-state index in [1.54, 1.807) is 0 Å². The van der Waals surface area contributed by atoms with Crippen LogP contribution in [0.1, 0.15) is 0 Å². The lowest BCUT2D eigenvalue weighted by atomic mass is 10.2. The lowest BCUT2D eigenvalue weighted by molar-refractivity contribution is 0.0880. The predicted molar refractivity (Wildman–Crippen MR) is 37.9 cm³/mol. The fraction of sp³-hybridized carbons (Fsp3) is 1.00. The Hall–Kier alpha value is 0.140. The van der Waals surface area contributed by atoms with Gasteiger partial charge < -0.3 is 0 Å². The van der Waals surface area contributed by atoms with Gasteiger partial charge in [0.1, 0.15) is 12.2 Å². The van der Waals surface area contributed by atoms with Crippen molar-refractivity contribution in [2.45, 2.75) is 12.2 Å². The Morgan fingerprint density at radius 2 is 1.33 bits per heavy atom. The van der Waals surface area contributed by atoms with Gasteiger partial charge in [-0.25, -0.2) is 0 Å². The number of hydrogen-bond acceptors (Lipinski definition) is 6. The van der Waals surface area contributed by atoms with Crippen LogP contribution in [0.15, 0.2) is 0 Å². The van der Waals surface area contributed by atoms with Gasteiger partial charge in [-0.1, -0.05) is 0 Å². The second-order valence-corrected chi connectivity index (χ2v) is 3.92. The van der Waals surface area contributed by atoms with Gasteiger partial charge in [0, 0.05) is 0 Å². The summed E-state index contributed by atoms with van der Waals surface area (Å²) in [6.45, 7) is 0.357. The molecule has 0 aromatic rings. The summed E-state index contributed by atoms with van der Waals surface area (Å²) in [6.07, 6.45) is -0.894. The third-order valence-corrected chi connectivity index (χ3v) is 2.94. The third kappa shape index (κ3) is 1.73. The zero-order valence-electron chi connectivity index (χ0n) is 5.83. The molecule has 2 saturated heterocycles. The minimum absolute atomic E-state index is 0.178. The largest absolute Gasteiger partial charge is 0.305 e. The van der Waals surface area contributed by atoms with E-state index in [2.05, 4.69) is 8.37 Å². The summed E-state index contributed by atoms with van der Waals surface area (Å²) >= 11 is -3.39. The van der Waals surface area contributed by atoms with Crippen LogP contribution in [-0.2, 0) is 39.5 Å². The molecule has 0 bridgehead atoms. The Morgan fingerprint density at radius 1 is 0.917 bits per heavy atom. The molecule has 2 aliphatic heterocycles. The molecule has 4 atom stereocenters. The maximum absolute atomic E-state index is 10.6. The van der Waals surface area contributed by atoms with E-state index in [0.29, 0.717) is 0 Å². The van der Waals surface area contributed by atoms with Gasteiger partial charge in [0.25, 0.3) is 0 Å². The molecular weight excluding hydrogens is 208 g/mol. The van der Waals surface area contributed by atoms with Crippen LogP contribution in [-0.4, -0.2) is 33.8 Å². The van der Waals surface area contributed by atoms with E-state index in [-0.39, 0.29) is 13.2 Å². The topological polar surface area (TPSA) is 71.1 Å². The highest BCUT2D eigenvalue weighted by atomic mass is 32.2.